The number of benzene rings is 1. The summed E-state index contributed by atoms with van der Waals surface area (Å²) >= 11 is 1.77. The molecule has 27 heavy (non-hydrogen) atoms. The Kier molecular flexibility index (Phi) is 5.06. The number of rotatable bonds is 5. The number of piperidine rings is 1. The molecule has 3 aromatic rings. The number of fused-ring (bicyclic) bond motifs is 1. The molecule has 1 fully saturated rings. The summed E-state index contributed by atoms with van der Waals surface area (Å²) in [5, 5.41) is 13.2. The number of thiophene rings is 1. The molecule has 0 bridgehead atoms. The summed E-state index contributed by atoms with van der Waals surface area (Å²) in [6.45, 7) is 5.93. The van der Waals surface area contributed by atoms with Gasteiger partial charge in [0.25, 0.3) is 0 Å². The first-order valence-corrected chi connectivity index (χ1v) is 10.5. The van der Waals surface area contributed by atoms with Crippen LogP contribution in [0.1, 0.15) is 33.1 Å². The summed E-state index contributed by atoms with van der Waals surface area (Å²) in [6, 6.07) is 12.3. The van der Waals surface area contributed by atoms with E-state index in [0.717, 1.165) is 35.9 Å². The van der Waals surface area contributed by atoms with Gasteiger partial charge in [0.1, 0.15) is 18.2 Å². The number of hydrogen-bond acceptors (Lipinski definition) is 5. The van der Waals surface area contributed by atoms with Crippen LogP contribution in [0, 0.1) is 0 Å². The van der Waals surface area contributed by atoms with Crippen LogP contribution in [0.3, 0.4) is 0 Å². The van der Waals surface area contributed by atoms with Gasteiger partial charge in [0.2, 0.25) is 0 Å². The molecule has 0 aliphatic carbocycles. The van der Waals surface area contributed by atoms with E-state index in [-0.39, 0.29) is 6.61 Å². The average molecular weight is 383 g/mol. The van der Waals surface area contributed by atoms with E-state index in [9.17, 15) is 5.11 Å². The number of nitrogens with zero attached hydrogens (tertiary/aromatic N) is 2. The van der Waals surface area contributed by atoms with Gasteiger partial charge < -0.3 is 14.7 Å². The summed E-state index contributed by atoms with van der Waals surface area (Å²) in [5.41, 5.74) is 1.24. The van der Waals surface area contributed by atoms with Crippen molar-refractivity contribution in [3.63, 3.8) is 0 Å². The fourth-order valence-electron chi connectivity index (χ4n) is 3.42. The molecule has 1 aromatic carbocycles. The van der Waals surface area contributed by atoms with Gasteiger partial charge in [0.15, 0.2) is 0 Å². The molecule has 0 spiro atoms. The smallest absolute Gasteiger partial charge is 0.138 e. The molecule has 0 unspecified atom stereocenters. The van der Waals surface area contributed by atoms with Crippen LogP contribution in [0.25, 0.3) is 21.3 Å². The lowest BCUT2D eigenvalue weighted by molar-refractivity contribution is 0.0285. The first kappa shape index (κ1) is 18.3. The van der Waals surface area contributed by atoms with E-state index in [4.69, 9.17) is 9.72 Å². The van der Waals surface area contributed by atoms with E-state index in [1.165, 1.54) is 29.3 Å². The highest BCUT2D eigenvalue weighted by atomic mass is 32.1. The summed E-state index contributed by atoms with van der Waals surface area (Å²) < 4.78 is 6.94. The van der Waals surface area contributed by atoms with E-state index in [2.05, 4.69) is 22.4 Å². The highest BCUT2D eigenvalue weighted by Crippen LogP contribution is 2.34. The van der Waals surface area contributed by atoms with E-state index in [1.54, 1.807) is 25.2 Å². The number of aliphatic hydroxyl groups is 1. The van der Waals surface area contributed by atoms with Crippen molar-refractivity contribution in [3.8, 4) is 17.0 Å². The van der Waals surface area contributed by atoms with Gasteiger partial charge in [-0.15, -0.1) is 11.3 Å². The molecule has 0 amide bonds. The monoisotopic (exact) mass is 382 g/mol. The summed E-state index contributed by atoms with van der Waals surface area (Å²) in [5.74, 6) is 1.88. The fraction of sp³-hybridized carbons (Fsp3) is 0.409. The van der Waals surface area contributed by atoms with E-state index in [0.29, 0.717) is 0 Å². The largest absolute Gasteiger partial charge is 0.491 e. The predicted molar refractivity (Wildman–Crippen MR) is 113 cm³/mol. The van der Waals surface area contributed by atoms with Crippen molar-refractivity contribution in [2.75, 3.05) is 24.6 Å². The Morgan fingerprint density at radius 1 is 1.11 bits per heavy atom. The maximum absolute atomic E-state index is 9.81. The number of ether oxygens (including phenoxy) is 1. The van der Waals surface area contributed by atoms with Crippen LogP contribution < -0.4 is 9.64 Å². The third-order valence-electron chi connectivity index (χ3n) is 4.83. The molecule has 1 saturated heterocycles. The van der Waals surface area contributed by atoms with Gasteiger partial charge in [-0.05, 0) is 74.9 Å². The van der Waals surface area contributed by atoms with Crippen molar-refractivity contribution in [3.05, 3.63) is 41.8 Å². The van der Waals surface area contributed by atoms with Gasteiger partial charge in [0.05, 0.1) is 11.3 Å². The third-order valence-corrected chi connectivity index (χ3v) is 5.69. The van der Waals surface area contributed by atoms with Crippen molar-refractivity contribution in [2.45, 2.75) is 38.7 Å². The maximum atomic E-state index is 9.81. The van der Waals surface area contributed by atoms with Crippen LogP contribution in [0.15, 0.2) is 41.8 Å². The molecular weight excluding hydrogens is 356 g/mol. The third kappa shape index (κ3) is 4.25. The first-order chi connectivity index (χ1) is 13.0. The summed E-state index contributed by atoms with van der Waals surface area (Å²) in [6.07, 6.45) is 3.80. The van der Waals surface area contributed by atoms with Gasteiger partial charge in [0, 0.05) is 28.7 Å². The molecule has 142 valence electrons. The van der Waals surface area contributed by atoms with Gasteiger partial charge in [-0.25, -0.2) is 4.98 Å². The molecule has 0 atom stereocenters. The van der Waals surface area contributed by atoms with Gasteiger partial charge in [-0.2, -0.15) is 0 Å². The Hall–Kier alpha value is -2.11. The topological polar surface area (TPSA) is 45.6 Å². The zero-order chi connectivity index (χ0) is 18.9. The van der Waals surface area contributed by atoms with Crippen LogP contribution in [-0.2, 0) is 0 Å². The maximum Gasteiger partial charge on any atom is 0.138 e. The Labute approximate surface area is 164 Å². The van der Waals surface area contributed by atoms with Crippen molar-refractivity contribution >= 4 is 27.2 Å². The highest BCUT2D eigenvalue weighted by Gasteiger charge is 2.18. The molecule has 0 saturated carbocycles. The van der Waals surface area contributed by atoms with E-state index >= 15 is 0 Å². The summed E-state index contributed by atoms with van der Waals surface area (Å²) in [4.78, 5) is 7.47. The van der Waals surface area contributed by atoms with Crippen molar-refractivity contribution in [1.82, 2.24) is 4.98 Å². The van der Waals surface area contributed by atoms with Gasteiger partial charge in [-0.3, -0.25) is 0 Å². The Bertz CT molecular complexity index is 906. The minimum absolute atomic E-state index is 0.269. The zero-order valence-corrected chi connectivity index (χ0v) is 16.8. The second-order valence-electron chi connectivity index (χ2n) is 7.84. The standard InChI is InChI=1S/C22H26N2O2S/c1-22(2,25)15-26-17-8-6-16(7-9-17)19-14-20-18(10-13-27-20)21(23-19)24-11-4-3-5-12-24/h6-10,13-14,25H,3-5,11-12,15H2,1-2H3. The minimum atomic E-state index is -0.840. The predicted octanol–water partition coefficient (Wildman–Crippen LogP) is 5.10. The Morgan fingerprint density at radius 2 is 1.85 bits per heavy atom. The number of hydrogen-bond donors (Lipinski definition) is 1. The fourth-order valence-corrected chi connectivity index (χ4v) is 4.24. The highest BCUT2D eigenvalue weighted by molar-refractivity contribution is 7.17. The van der Waals surface area contributed by atoms with E-state index < -0.39 is 5.60 Å². The van der Waals surface area contributed by atoms with Gasteiger partial charge in [-0.1, -0.05) is 0 Å². The zero-order valence-electron chi connectivity index (χ0n) is 15.9. The average Bonchev–Trinajstić information content (AvgIpc) is 3.15. The van der Waals surface area contributed by atoms with Gasteiger partial charge >= 0.3 is 0 Å². The lowest BCUT2D eigenvalue weighted by Crippen LogP contribution is -2.30. The SMILES string of the molecule is CC(C)(O)COc1ccc(-c2cc3sccc3c(N3CCCCC3)n2)cc1. The lowest BCUT2D eigenvalue weighted by Gasteiger charge is -2.28. The minimum Gasteiger partial charge on any atom is -0.491 e. The van der Waals surface area contributed by atoms with Crippen molar-refractivity contribution in [2.24, 2.45) is 0 Å². The molecule has 5 heteroatoms. The second-order valence-corrected chi connectivity index (χ2v) is 8.78. The van der Waals surface area contributed by atoms with Crippen LogP contribution in [0.5, 0.6) is 5.75 Å². The lowest BCUT2D eigenvalue weighted by atomic mass is 10.1. The van der Waals surface area contributed by atoms with Crippen LogP contribution in [-0.4, -0.2) is 35.4 Å². The quantitative estimate of drug-likeness (QED) is 0.666. The molecule has 3 heterocycles. The van der Waals surface area contributed by atoms with Crippen molar-refractivity contribution < 1.29 is 9.84 Å². The number of anilines is 1. The molecule has 0 radical (unpaired) electrons. The molecule has 1 N–H and O–H groups in total. The Morgan fingerprint density at radius 3 is 2.56 bits per heavy atom. The molecule has 4 rings (SSSR count). The number of aromatic nitrogens is 1. The molecule has 1 aliphatic rings. The first-order valence-electron chi connectivity index (χ1n) is 9.58. The second kappa shape index (κ2) is 7.49. The Balaban J connectivity index is 1.63. The number of pyridine rings is 1. The molecule has 4 nitrogen and oxygen atoms in total. The van der Waals surface area contributed by atoms with Crippen LogP contribution in [0.2, 0.25) is 0 Å². The molecular formula is C22H26N2O2S. The molecule has 2 aromatic heterocycles. The molecule has 1 aliphatic heterocycles. The van der Waals surface area contributed by atoms with E-state index in [1.807, 2.05) is 24.3 Å². The van der Waals surface area contributed by atoms with Crippen LogP contribution >= 0.6 is 11.3 Å². The summed E-state index contributed by atoms with van der Waals surface area (Å²) in [7, 11) is 0. The normalized spacial score (nSPS) is 15.3. The van der Waals surface area contributed by atoms with Crippen molar-refractivity contribution in [1.29, 1.82) is 0 Å². The van der Waals surface area contributed by atoms with Crippen LogP contribution in [0.4, 0.5) is 5.82 Å².